The molecule has 0 saturated heterocycles. The molecule has 0 aliphatic heterocycles. The molecule has 19 heavy (non-hydrogen) atoms. The van der Waals surface area contributed by atoms with Crippen molar-refractivity contribution in [2.24, 2.45) is 0 Å². The first kappa shape index (κ1) is 16.4. The molecule has 110 valence electrons. The molecule has 0 atom stereocenters. The number of esters is 1. The van der Waals surface area contributed by atoms with Gasteiger partial charge in [-0.1, -0.05) is 13.0 Å². The Hall–Kier alpha value is -0.680. The van der Waals surface area contributed by atoms with E-state index >= 15 is 0 Å². The smallest absolute Gasteiger partial charge is 0.336 e. The number of rotatable bonds is 7. The molecular formula is C12H21O6P. The third kappa shape index (κ3) is 7.47. The molecule has 0 aromatic heterocycles. The Kier molecular flexibility index (Phi) is 6.72. The Morgan fingerprint density at radius 1 is 1.26 bits per heavy atom. The largest absolute Gasteiger partial charge is 0.459 e. The monoisotopic (exact) mass is 292 g/mol. The van der Waals surface area contributed by atoms with E-state index in [-0.39, 0.29) is 31.1 Å². The van der Waals surface area contributed by atoms with Crippen molar-refractivity contribution >= 4 is 13.6 Å². The van der Waals surface area contributed by atoms with Crippen LogP contribution in [0, 0.1) is 0 Å². The number of ether oxygens (including phenoxy) is 2. The van der Waals surface area contributed by atoms with Crippen LogP contribution in [0.5, 0.6) is 0 Å². The van der Waals surface area contributed by atoms with Crippen LogP contribution in [0.2, 0.25) is 0 Å². The zero-order valence-electron chi connectivity index (χ0n) is 10.9. The maximum Gasteiger partial charge on any atom is 0.336 e. The van der Waals surface area contributed by atoms with E-state index in [1.54, 1.807) is 0 Å². The van der Waals surface area contributed by atoms with Gasteiger partial charge < -0.3 is 19.3 Å². The van der Waals surface area contributed by atoms with Crippen LogP contribution in [0.4, 0.5) is 0 Å². The van der Waals surface area contributed by atoms with Crippen molar-refractivity contribution in [1.82, 2.24) is 0 Å². The molecule has 0 amide bonds. The van der Waals surface area contributed by atoms with Gasteiger partial charge in [-0.2, -0.15) is 0 Å². The van der Waals surface area contributed by atoms with E-state index in [1.807, 2.05) is 0 Å². The van der Waals surface area contributed by atoms with E-state index in [0.29, 0.717) is 0 Å². The lowest BCUT2D eigenvalue weighted by atomic mass is 9.98. The second kappa shape index (κ2) is 7.80. The first-order valence-electron chi connectivity index (χ1n) is 6.39. The molecule has 0 aromatic rings. The summed E-state index contributed by atoms with van der Waals surface area (Å²) in [5.41, 5.74) is 0.177. The van der Waals surface area contributed by atoms with Crippen LogP contribution >= 0.6 is 7.60 Å². The van der Waals surface area contributed by atoms with Gasteiger partial charge in [0.15, 0.2) is 0 Å². The van der Waals surface area contributed by atoms with Crippen LogP contribution in [0.15, 0.2) is 12.2 Å². The minimum Gasteiger partial charge on any atom is -0.459 e. The lowest BCUT2D eigenvalue weighted by Crippen LogP contribution is -2.23. The van der Waals surface area contributed by atoms with Crippen LogP contribution < -0.4 is 0 Å². The average molecular weight is 292 g/mol. The molecule has 1 saturated carbocycles. The lowest BCUT2D eigenvalue weighted by Gasteiger charge is -2.22. The van der Waals surface area contributed by atoms with Crippen LogP contribution in [0.1, 0.15) is 32.1 Å². The number of hydrogen-bond acceptors (Lipinski definition) is 4. The van der Waals surface area contributed by atoms with Gasteiger partial charge in [-0.05, 0) is 25.7 Å². The van der Waals surface area contributed by atoms with Crippen molar-refractivity contribution in [3.63, 3.8) is 0 Å². The molecule has 1 aliphatic carbocycles. The Labute approximate surface area is 112 Å². The summed E-state index contributed by atoms with van der Waals surface area (Å²) in [6.07, 6.45) is 4.70. The normalized spacial score (nSPS) is 17.2. The topological polar surface area (TPSA) is 93.1 Å². The average Bonchev–Trinajstić information content (AvgIpc) is 2.34. The fourth-order valence-electron chi connectivity index (χ4n) is 1.86. The summed E-state index contributed by atoms with van der Waals surface area (Å²) in [5.74, 6) is -0.483. The summed E-state index contributed by atoms with van der Waals surface area (Å²) in [4.78, 5) is 28.9. The standard InChI is InChI=1S/C12H21O6P/c1-10(9-17-7-8-19(14,15)16)12(13)18-11-5-3-2-4-6-11/h11H,1-9H2,(H2,14,15,16). The summed E-state index contributed by atoms with van der Waals surface area (Å²) in [6.45, 7) is 3.39. The minimum absolute atomic E-state index is 0.0342. The van der Waals surface area contributed by atoms with Gasteiger partial charge in [0.05, 0.1) is 24.9 Å². The molecule has 7 heteroatoms. The van der Waals surface area contributed by atoms with E-state index in [4.69, 9.17) is 19.3 Å². The van der Waals surface area contributed by atoms with Crippen LogP contribution in [-0.4, -0.2) is 41.2 Å². The number of hydrogen-bond donors (Lipinski definition) is 2. The van der Waals surface area contributed by atoms with E-state index in [1.165, 1.54) is 6.42 Å². The predicted octanol–water partition coefficient (Wildman–Crippen LogP) is 1.61. The second-order valence-electron chi connectivity index (χ2n) is 4.71. The van der Waals surface area contributed by atoms with E-state index in [9.17, 15) is 9.36 Å². The fraction of sp³-hybridized carbons (Fsp3) is 0.750. The molecule has 1 fully saturated rings. The van der Waals surface area contributed by atoms with Crippen molar-refractivity contribution in [2.45, 2.75) is 38.2 Å². The van der Waals surface area contributed by atoms with Gasteiger partial charge in [0.25, 0.3) is 0 Å². The zero-order chi connectivity index (χ0) is 14.3. The van der Waals surface area contributed by atoms with Gasteiger partial charge in [0.2, 0.25) is 0 Å². The van der Waals surface area contributed by atoms with Gasteiger partial charge in [-0.3, -0.25) is 4.57 Å². The maximum absolute atomic E-state index is 11.6. The van der Waals surface area contributed by atoms with E-state index in [2.05, 4.69) is 6.58 Å². The Morgan fingerprint density at radius 3 is 2.47 bits per heavy atom. The van der Waals surface area contributed by atoms with Gasteiger partial charge >= 0.3 is 13.6 Å². The van der Waals surface area contributed by atoms with Crippen LogP contribution in [0.3, 0.4) is 0 Å². The quantitative estimate of drug-likeness (QED) is 0.320. The molecule has 0 unspecified atom stereocenters. The Bertz CT molecular complexity index is 355. The summed E-state index contributed by atoms with van der Waals surface area (Å²) in [6, 6.07) is 0. The second-order valence-corrected chi connectivity index (χ2v) is 6.49. The minimum atomic E-state index is -4.05. The maximum atomic E-state index is 11.6. The molecule has 6 nitrogen and oxygen atoms in total. The highest BCUT2D eigenvalue weighted by Crippen LogP contribution is 2.33. The lowest BCUT2D eigenvalue weighted by molar-refractivity contribution is -0.146. The van der Waals surface area contributed by atoms with Gasteiger partial charge in [-0.25, -0.2) is 4.79 Å². The molecule has 1 aliphatic rings. The molecule has 0 radical (unpaired) electrons. The molecule has 0 heterocycles. The summed E-state index contributed by atoms with van der Waals surface area (Å²) >= 11 is 0. The van der Waals surface area contributed by atoms with Crippen molar-refractivity contribution in [2.75, 3.05) is 19.4 Å². The molecule has 1 rings (SSSR count). The molecule has 0 spiro atoms. The Morgan fingerprint density at radius 2 is 1.89 bits per heavy atom. The highest BCUT2D eigenvalue weighted by molar-refractivity contribution is 7.51. The van der Waals surface area contributed by atoms with Crippen LogP contribution in [0.25, 0.3) is 0 Å². The third-order valence-electron chi connectivity index (χ3n) is 2.92. The first-order chi connectivity index (χ1) is 8.88. The van der Waals surface area contributed by atoms with E-state index in [0.717, 1.165) is 25.7 Å². The third-order valence-corrected chi connectivity index (χ3v) is 3.68. The molecular weight excluding hydrogens is 271 g/mol. The summed E-state index contributed by atoms with van der Waals surface area (Å²) < 4.78 is 20.8. The summed E-state index contributed by atoms with van der Waals surface area (Å²) in [7, 11) is -4.05. The van der Waals surface area contributed by atoms with Crippen molar-refractivity contribution in [3.8, 4) is 0 Å². The van der Waals surface area contributed by atoms with Crippen molar-refractivity contribution in [1.29, 1.82) is 0 Å². The van der Waals surface area contributed by atoms with E-state index < -0.39 is 13.6 Å². The Balaban J connectivity index is 2.17. The summed E-state index contributed by atoms with van der Waals surface area (Å²) in [5, 5.41) is 0. The van der Waals surface area contributed by atoms with Gasteiger partial charge in [0.1, 0.15) is 6.10 Å². The van der Waals surface area contributed by atoms with Crippen molar-refractivity contribution < 1.29 is 28.6 Å². The zero-order valence-corrected chi connectivity index (χ0v) is 11.8. The molecule has 2 N–H and O–H groups in total. The number of carbonyl (C=O) groups excluding carboxylic acids is 1. The number of carbonyl (C=O) groups is 1. The highest BCUT2D eigenvalue weighted by Gasteiger charge is 2.19. The van der Waals surface area contributed by atoms with Gasteiger partial charge in [-0.15, -0.1) is 0 Å². The molecule has 0 bridgehead atoms. The SMILES string of the molecule is C=C(COCCP(=O)(O)O)C(=O)OC1CCCCC1. The van der Waals surface area contributed by atoms with Crippen LogP contribution in [-0.2, 0) is 18.8 Å². The highest BCUT2D eigenvalue weighted by atomic mass is 31.2. The van der Waals surface area contributed by atoms with Gasteiger partial charge in [0, 0.05) is 0 Å². The first-order valence-corrected chi connectivity index (χ1v) is 8.19. The fourth-order valence-corrected chi connectivity index (χ4v) is 2.22. The molecule has 0 aromatic carbocycles. The van der Waals surface area contributed by atoms with Crippen molar-refractivity contribution in [3.05, 3.63) is 12.2 Å². The predicted molar refractivity (Wildman–Crippen MR) is 69.8 cm³/mol.